The Kier molecular flexibility index (Phi) is 8.26. The number of thioether (sulfide) groups is 1. The van der Waals surface area contributed by atoms with E-state index in [1.165, 1.54) is 0 Å². The van der Waals surface area contributed by atoms with Gasteiger partial charge in [0.05, 0.1) is 29.5 Å². The van der Waals surface area contributed by atoms with E-state index < -0.39 is 0 Å². The summed E-state index contributed by atoms with van der Waals surface area (Å²) in [5.41, 5.74) is 5.66. The maximum Gasteiger partial charge on any atom is 0.240 e. The van der Waals surface area contributed by atoms with Gasteiger partial charge in [-0.3, -0.25) is 14.5 Å². The number of rotatable bonds is 8. The molecule has 5 rings (SSSR count). The van der Waals surface area contributed by atoms with Gasteiger partial charge in [0.15, 0.2) is 0 Å². The fourth-order valence-corrected chi connectivity index (χ4v) is 6.08. The lowest BCUT2D eigenvalue weighted by atomic mass is 9.98. The second-order valence-electron chi connectivity index (χ2n) is 10.0. The highest BCUT2D eigenvalue weighted by molar-refractivity contribution is 8.00. The van der Waals surface area contributed by atoms with Crippen molar-refractivity contribution in [3.05, 3.63) is 95.6 Å². The van der Waals surface area contributed by atoms with Crippen LogP contribution >= 0.6 is 11.8 Å². The number of nitrogens with one attached hydrogen (secondary N) is 1. The lowest BCUT2D eigenvalue weighted by molar-refractivity contribution is -0.123. The first-order valence-electron chi connectivity index (χ1n) is 13.5. The zero-order valence-electron chi connectivity index (χ0n) is 23.3. The first kappa shape index (κ1) is 27.5. The van der Waals surface area contributed by atoms with E-state index in [4.69, 9.17) is 9.84 Å². The summed E-state index contributed by atoms with van der Waals surface area (Å²) in [7, 11) is 1.63. The summed E-state index contributed by atoms with van der Waals surface area (Å²) in [6, 6.07) is 26.0. The summed E-state index contributed by atoms with van der Waals surface area (Å²) in [6.45, 7) is 5.97. The molecule has 7 nitrogen and oxygen atoms in total. The molecule has 4 aromatic rings. The smallest absolute Gasteiger partial charge is 0.240 e. The van der Waals surface area contributed by atoms with E-state index in [0.717, 1.165) is 45.8 Å². The molecule has 0 unspecified atom stereocenters. The summed E-state index contributed by atoms with van der Waals surface area (Å²) in [6.07, 6.45) is 0.804. The van der Waals surface area contributed by atoms with Crippen molar-refractivity contribution in [3.8, 4) is 22.7 Å². The number of anilines is 1. The van der Waals surface area contributed by atoms with Crippen molar-refractivity contribution in [2.75, 3.05) is 24.3 Å². The van der Waals surface area contributed by atoms with E-state index in [2.05, 4.69) is 30.4 Å². The lowest BCUT2D eigenvalue weighted by Gasteiger charge is -2.24. The van der Waals surface area contributed by atoms with Gasteiger partial charge in [0.2, 0.25) is 11.8 Å². The van der Waals surface area contributed by atoms with Crippen LogP contribution in [-0.2, 0) is 9.59 Å². The third-order valence-corrected chi connectivity index (χ3v) is 8.37. The number of amides is 2. The van der Waals surface area contributed by atoms with Crippen molar-refractivity contribution in [2.24, 2.45) is 0 Å². The molecule has 2 atom stereocenters. The van der Waals surface area contributed by atoms with Gasteiger partial charge >= 0.3 is 0 Å². The van der Waals surface area contributed by atoms with Crippen LogP contribution in [0, 0.1) is 6.92 Å². The first-order valence-corrected chi connectivity index (χ1v) is 14.5. The molecule has 0 bridgehead atoms. The molecule has 2 amide bonds. The zero-order chi connectivity index (χ0) is 28.2. The Morgan fingerprint density at radius 1 is 1.10 bits per heavy atom. The van der Waals surface area contributed by atoms with Crippen molar-refractivity contribution in [3.63, 3.8) is 0 Å². The molecule has 2 heterocycles. The minimum atomic E-state index is -0.198. The first-order chi connectivity index (χ1) is 19.4. The van der Waals surface area contributed by atoms with Crippen LogP contribution in [0.25, 0.3) is 16.9 Å². The molecule has 1 aliphatic rings. The number of benzene rings is 3. The Bertz CT molecular complexity index is 1500. The molecule has 8 heteroatoms. The number of carbonyl (C=O) groups excluding carboxylic acids is 2. The fourth-order valence-electron chi connectivity index (χ4n) is 4.89. The van der Waals surface area contributed by atoms with Crippen molar-refractivity contribution in [1.29, 1.82) is 0 Å². The molecule has 206 valence electrons. The molecular weight excluding hydrogens is 520 g/mol. The van der Waals surface area contributed by atoms with Crippen LogP contribution in [0.15, 0.2) is 78.9 Å². The van der Waals surface area contributed by atoms with Gasteiger partial charge in [-0.2, -0.15) is 5.10 Å². The molecule has 1 aromatic heterocycles. The van der Waals surface area contributed by atoms with Gasteiger partial charge in [-0.15, -0.1) is 11.8 Å². The average Bonchev–Trinajstić information content (AvgIpc) is 3.30. The zero-order valence-corrected chi connectivity index (χ0v) is 24.1. The topological polar surface area (TPSA) is 76.5 Å². The lowest BCUT2D eigenvalue weighted by Crippen LogP contribution is -2.44. The van der Waals surface area contributed by atoms with E-state index in [9.17, 15) is 9.59 Å². The molecule has 0 saturated heterocycles. The molecule has 0 fully saturated rings. The van der Waals surface area contributed by atoms with Crippen LogP contribution < -0.4 is 15.0 Å². The number of ether oxygens (including phenoxy) is 1. The third-order valence-electron chi connectivity index (χ3n) is 7.12. The van der Waals surface area contributed by atoms with E-state index in [1.54, 1.807) is 28.5 Å². The van der Waals surface area contributed by atoms with Gasteiger partial charge in [-0.25, -0.2) is 4.68 Å². The normalized spacial score (nSPS) is 15.8. The van der Waals surface area contributed by atoms with Crippen LogP contribution in [0.5, 0.6) is 5.75 Å². The number of nitrogens with zero attached hydrogens (tertiary/aromatic N) is 3. The number of methoxy groups -OCH3 is 1. The highest BCUT2D eigenvalue weighted by Gasteiger charge is 2.37. The minimum Gasteiger partial charge on any atom is -0.497 e. The van der Waals surface area contributed by atoms with E-state index in [1.807, 2.05) is 74.5 Å². The van der Waals surface area contributed by atoms with Crippen LogP contribution in [-0.4, -0.2) is 47.0 Å². The van der Waals surface area contributed by atoms with Crippen molar-refractivity contribution < 1.29 is 14.3 Å². The van der Waals surface area contributed by atoms with Crippen LogP contribution in [0.1, 0.15) is 42.2 Å². The highest BCUT2D eigenvalue weighted by atomic mass is 32.2. The van der Waals surface area contributed by atoms with Crippen molar-refractivity contribution >= 4 is 29.4 Å². The van der Waals surface area contributed by atoms with Crippen molar-refractivity contribution in [2.45, 2.75) is 38.5 Å². The van der Waals surface area contributed by atoms with Crippen LogP contribution in [0.2, 0.25) is 0 Å². The molecule has 1 aliphatic heterocycles. The average molecular weight is 555 g/mol. The molecule has 40 heavy (non-hydrogen) atoms. The highest BCUT2D eigenvalue weighted by Crippen LogP contribution is 2.48. The van der Waals surface area contributed by atoms with Gasteiger partial charge in [-0.1, -0.05) is 67.1 Å². The van der Waals surface area contributed by atoms with Gasteiger partial charge in [0, 0.05) is 17.2 Å². The van der Waals surface area contributed by atoms with E-state index in [-0.39, 0.29) is 35.4 Å². The van der Waals surface area contributed by atoms with Crippen molar-refractivity contribution in [1.82, 2.24) is 15.1 Å². The van der Waals surface area contributed by atoms with Gasteiger partial charge < -0.3 is 10.1 Å². The summed E-state index contributed by atoms with van der Waals surface area (Å²) < 4.78 is 7.19. The van der Waals surface area contributed by atoms with E-state index >= 15 is 0 Å². The Morgan fingerprint density at radius 2 is 1.85 bits per heavy atom. The molecular formula is C32H34N4O3S. The second-order valence-corrected chi connectivity index (χ2v) is 11.1. The standard InChI is InChI=1S/C32H34N4O3S/c1-5-22(3)33-27(37)19-35-28(38)20-40-31(24-13-9-10-21(2)18-24)29-30(23-11-7-6-8-12-23)34-36(32(29)35)25-14-16-26(39-4)17-15-25/h6-18,22,31H,5,19-20H2,1-4H3,(H,33,37)/t22-,31-/m1/s1. The summed E-state index contributed by atoms with van der Waals surface area (Å²) in [5, 5.41) is 8.00. The summed E-state index contributed by atoms with van der Waals surface area (Å²) in [5.74, 6) is 1.25. The van der Waals surface area contributed by atoms with Crippen LogP contribution in [0.3, 0.4) is 0 Å². The fraction of sp³-hybridized carbons (Fsp3) is 0.281. The number of carbonyl (C=O) groups is 2. The third kappa shape index (κ3) is 5.63. The number of hydrogen-bond acceptors (Lipinski definition) is 5. The summed E-state index contributed by atoms with van der Waals surface area (Å²) in [4.78, 5) is 28.6. The number of fused-ring (bicyclic) bond motifs is 1. The number of hydrogen-bond donors (Lipinski definition) is 1. The van der Waals surface area contributed by atoms with E-state index in [0.29, 0.717) is 5.82 Å². The quantitative estimate of drug-likeness (QED) is 0.292. The molecule has 0 aliphatic carbocycles. The monoisotopic (exact) mass is 554 g/mol. The Hall–Kier alpha value is -4.04. The largest absolute Gasteiger partial charge is 0.497 e. The SMILES string of the molecule is CC[C@@H](C)NC(=O)CN1C(=O)CS[C@H](c2cccc(C)c2)c2c(-c3ccccc3)nn(-c3ccc(OC)cc3)c21. The Labute approximate surface area is 239 Å². The molecule has 0 saturated carbocycles. The molecule has 0 spiro atoms. The minimum absolute atomic E-state index is 0.00912. The predicted molar refractivity (Wildman–Crippen MR) is 161 cm³/mol. The molecule has 3 aromatic carbocycles. The maximum absolute atomic E-state index is 13.8. The molecule has 0 radical (unpaired) electrons. The Morgan fingerprint density at radius 3 is 2.52 bits per heavy atom. The number of aryl methyl sites for hydroxylation is 1. The Balaban J connectivity index is 1.77. The summed E-state index contributed by atoms with van der Waals surface area (Å²) >= 11 is 1.57. The molecule has 1 N–H and O–H groups in total. The number of aromatic nitrogens is 2. The van der Waals surface area contributed by atoms with Crippen LogP contribution in [0.4, 0.5) is 5.82 Å². The maximum atomic E-state index is 13.8. The predicted octanol–water partition coefficient (Wildman–Crippen LogP) is 5.94. The second kappa shape index (κ2) is 12.0. The van der Waals surface area contributed by atoms with Gasteiger partial charge in [-0.05, 0) is 50.1 Å². The van der Waals surface area contributed by atoms with Gasteiger partial charge in [0.1, 0.15) is 18.1 Å². The van der Waals surface area contributed by atoms with Gasteiger partial charge in [0.25, 0.3) is 0 Å².